The maximum Gasteiger partial charge on any atom is 0.255 e. The zero-order chi connectivity index (χ0) is 13.8. The SMILES string of the molecule is Cc1cccc(C(=O)N2CCCC(CCN)C2)c1Br. The van der Waals surface area contributed by atoms with Crippen molar-refractivity contribution in [2.75, 3.05) is 19.6 Å². The van der Waals surface area contributed by atoms with Crippen molar-refractivity contribution in [3.8, 4) is 0 Å². The summed E-state index contributed by atoms with van der Waals surface area (Å²) in [6.45, 7) is 4.42. The highest BCUT2D eigenvalue weighted by Crippen LogP contribution is 2.25. The summed E-state index contributed by atoms with van der Waals surface area (Å²) in [4.78, 5) is 14.6. The van der Waals surface area contributed by atoms with Gasteiger partial charge in [-0.1, -0.05) is 12.1 Å². The molecule has 0 spiro atoms. The molecule has 0 aromatic heterocycles. The third-order valence-electron chi connectivity index (χ3n) is 3.80. The third-order valence-corrected chi connectivity index (χ3v) is 4.86. The van der Waals surface area contributed by atoms with Gasteiger partial charge in [0.1, 0.15) is 0 Å². The van der Waals surface area contributed by atoms with Crippen molar-refractivity contribution in [3.05, 3.63) is 33.8 Å². The molecule has 19 heavy (non-hydrogen) atoms. The molecule has 1 aliphatic heterocycles. The molecule has 0 saturated carbocycles. The van der Waals surface area contributed by atoms with Crippen LogP contribution in [0.5, 0.6) is 0 Å². The molecular formula is C15H21BrN2O. The summed E-state index contributed by atoms with van der Waals surface area (Å²) >= 11 is 3.53. The Morgan fingerprint density at radius 2 is 2.32 bits per heavy atom. The summed E-state index contributed by atoms with van der Waals surface area (Å²) in [6, 6.07) is 5.84. The van der Waals surface area contributed by atoms with Crippen molar-refractivity contribution in [1.29, 1.82) is 0 Å². The van der Waals surface area contributed by atoms with Gasteiger partial charge < -0.3 is 10.6 Å². The number of hydrogen-bond acceptors (Lipinski definition) is 2. The normalized spacial score (nSPS) is 19.5. The van der Waals surface area contributed by atoms with Crippen LogP contribution < -0.4 is 5.73 Å². The maximum atomic E-state index is 12.6. The molecule has 1 unspecified atom stereocenters. The van der Waals surface area contributed by atoms with E-state index in [1.165, 1.54) is 6.42 Å². The Morgan fingerprint density at radius 3 is 3.05 bits per heavy atom. The number of aryl methyl sites for hydroxylation is 1. The quantitative estimate of drug-likeness (QED) is 0.929. The number of hydrogen-bond donors (Lipinski definition) is 1. The molecule has 2 rings (SSSR count). The van der Waals surface area contributed by atoms with Gasteiger partial charge >= 0.3 is 0 Å². The number of carbonyl (C=O) groups excluding carboxylic acids is 1. The highest BCUT2D eigenvalue weighted by molar-refractivity contribution is 9.10. The Balaban J connectivity index is 2.12. The largest absolute Gasteiger partial charge is 0.338 e. The number of piperidine rings is 1. The van der Waals surface area contributed by atoms with Crippen LogP contribution in [0.1, 0.15) is 35.2 Å². The van der Waals surface area contributed by atoms with Crippen LogP contribution >= 0.6 is 15.9 Å². The first-order valence-electron chi connectivity index (χ1n) is 6.88. The first-order chi connectivity index (χ1) is 9.13. The van der Waals surface area contributed by atoms with E-state index in [0.29, 0.717) is 12.5 Å². The summed E-state index contributed by atoms with van der Waals surface area (Å²) in [5.74, 6) is 0.698. The minimum absolute atomic E-state index is 0.136. The fraction of sp³-hybridized carbons (Fsp3) is 0.533. The van der Waals surface area contributed by atoms with E-state index in [1.807, 2.05) is 30.0 Å². The molecule has 4 heteroatoms. The Morgan fingerprint density at radius 1 is 1.53 bits per heavy atom. The summed E-state index contributed by atoms with van der Waals surface area (Å²) in [5, 5.41) is 0. The van der Waals surface area contributed by atoms with Crippen LogP contribution in [0.4, 0.5) is 0 Å². The lowest BCUT2D eigenvalue weighted by Gasteiger charge is -2.33. The average molecular weight is 325 g/mol. The smallest absolute Gasteiger partial charge is 0.255 e. The Bertz CT molecular complexity index is 459. The summed E-state index contributed by atoms with van der Waals surface area (Å²) in [5.41, 5.74) is 7.50. The van der Waals surface area contributed by atoms with E-state index in [4.69, 9.17) is 5.73 Å². The van der Waals surface area contributed by atoms with Crippen LogP contribution in [0.3, 0.4) is 0 Å². The molecule has 2 N–H and O–H groups in total. The van der Waals surface area contributed by atoms with Crippen molar-refractivity contribution in [1.82, 2.24) is 4.90 Å². The van der Waals surface area contributed by atoms with Crippen LogP contribution in [-0.4, -0.2) is 30.4 Å². The van der Waals surface area contributed by atoms with Crippen LogP contribution in [0.15, 0.2) is 22.7 Å². The number of amides is 1. The van der Waals surface area contributed by atoms with Crippen molar-refractivity contribution < 1.29 is 4.79 Å². The Labute approximate surface area is 123 Å². The maximum absolute atomic E-state index is 12.6. The average Bonchev–Trinajstić information content (AvgIpc) is 2.42. The molecule has 1 aromatic carbocycles. The summed E-state index contributed by atoms with van der Waals surface area (Å²) < 4.78 is 0.918. The first kappa shape index (κ1) is 14.5. The van der Waals surface area contributed by atoms with Crippen LogP contribution in [0.25, 0.3) is 0 Å². The van der Waals surface area contributed by atoms with E-state index in [-0.39, 0.29) is 5.91 Å². The van der Waals surface area contributed by atoms with E-state index < -0.39 is 0 Å². The molecule has 1 amide bonds. The highest BCUT2D eigenvalue weighted by atomic mass is 79.9. The van der Waals surface area contributed by atoms with Crippen LogP contribution in [-0.2, 0) is 0 Å². The molecule has 104 valence electrons. The standard InChI is InChI=1S/C15H21BrN2O/c1-11-4-2-6-13(14(11)16)15(19)18-9-3-5-12(10-18)7-8-17/h2,4,6,12H,3,5,7-10,17H2,1H3. The van der Waals surface area contributed by atoms with Crippen LogP contribution in [0.2, 0.25) is 0 Å². The number of rotatable bonds is 3. The second-order valence-electron chi connectivity index (χ2n) is 5.27. The van der Waals surface area contributed by atoms with Gasteiger partial charge in [-0.05, 0) is 66.2 Å². The van der Waals surface area contributed by atoms with Gasteiger partial charge in [0.25, 0.3) is 5.91 Å². The summed E-state index contributed by atoms with van der Waals surface area (Å²) in [7, 11) is 0. The van der Waals surface area contributed by atoms with Gasteiger partial charge in [0.2, 0.25) is 0 Å². The number of halogens is 1. The molecule has 0 radical (unpaired) electrons. The molecule has 0 aliphatic carbocycles. The van der Waals surface area contributed by atoms with E-state index in [1.54, 1.807) is 0 Å². The Hall–Kier alpha value is -0.870. The number of likely N-dealkylation sites (tertiary alicyclic amines) is 1. The van der Waals surface area contributed by atoms with Crippen molar-refractivity contribution in [3.63, 3.8) is 0 Å². The molecule has 1 atom stereocenters. The van der Waals surface area contributed by atoms with E-state index >= 15 is 0 Å². The lowest BCUT2D eigenvalue weighted by molar-refractivity contribution is 0.0668. The summed E-state index contributed by atoms with van der Waals surface area (Å²) in [6.07, 6.45) is 3.29. The van der Waals surface area contributed by atoms with Gasteiger partial charge in [-0.3, -0.25) is 4.79 Å². The molecule has 0 bridgehead atoms. The third kappa shape index (κ3) is 3.37. The van der Waals surface area contributed by atoms with Crippen molar-refractivity contribution >= 4 is 21.8 Å². The molecular weight excluding hydrogens is 304 g/mol. The van der Waals surface area contributed by atoms with Gasteiger partial charge in [-0.2, -0.15) is 0 Å². The zero-order valence-electron chi connectivity index (χ0n) is 11.4. The topological polar surface area (TPSA) is 46.3 Å². The lowest BCUT2D eigenvalue weighted by atomic mass is 9.94. The van der Waals surface area contributed by atoms with Crippen molar-refractivity contribution in [2.45, 2.75) is 26.2 Å². The number of nitrogens with two attached hydrogens (primary N) is 1. The molecule has 1 aromatic rings. The number of carbonyl (C=O) groups is 1. The second-order valence-corrected chi connectivity index (χ2v) is 6.07. The molecule has 1 heterocycles. The first-order valence-corrected chi connectivity index (χ1v) is 7.67. The van der Waals surface area contributed by atoms with Crippen molar-refractivity contribution in [2.24, 2.45) is 11.7 Å². The second kappa shape index (κ2) is 6.53. The molecule has 1 aliphatic rings. The predicted molar refractivity (Wildman–Crippen MR) is 81.2 cm³/mol. The fourth-order valence-corrected chi connectivity index (χ4v) is 3.14. The van der Waals surface area contributed by atoms with E-state index in [0.717, 1.165) is 41.5 Å². The minimum Gasteiger partial charge on any atom is -0.338 e. The molecule has 3 nitrogen and oxygen atoms in total. The number of nitrogens with zero attached hydrogens (tertiary/aromatic N) is 1. The Kier molecular flexibility index (Phi) is 4.99. The monoisotopic (exact) mass is 324 g/mol. The predicted octanol–water partition coefficient (Wildman–Crippen LogP) is 2.96. The fourth-order valence-electron chi connectivity index (χ4n) is 2.70. The highest BCUT2D eigenvalue weighted by Gasteiger charge is 2.25. The van der Waals surface area contributed by atoms with Gasteiger partial charge in [0.15, 0.2) is 0 Å². The van der Waals surface area contributed by atoms with Gasteiger partial charge in [-0.25, -0.2) is 0 Å². The number of benzene rings is 1. The lowest BCUT2D eigenvalue weighted by Crippen LogP contribution is -2.40. The van der Waals surface area contributed by atoms with Gasteiger partial charge in [0.05, 0.1) is 5.56 Å². The van der Waals surface area contributed by atoms with E-state index in [2.05, 4.69) is 15.9 Å². The molecule has 1 saturated heterocycles. The molecule has 1 fully saturated rings. The van der Waals surface area contributed by atoms with Crippen LogP contribution in [0, 0.1) is 12.8 Å². The zero-order valence-corrected chi connectivity index (χ0v) is 12.9. The van der Waals surface area contributed by atoms with E-state index in [9.17, 15) is 4.79 Å². The van der Waals surface area contributed by atoms with Gasteiger partial charge in [-0.15, -0.1) is 0 Å². The van der Waals surface area contributed by atoms with Gasteiger partial charge in [0, 0.05) is 17.6 Å². The minimum atomic E-state index is 0.136.